The van der Waals surface area contributed by atoms with E-state index in [1.807, 2.05) is 20.8 Å². The number of amides is 1. The SMILES string of the molecule is CCNC(C)(C)C(=O)NC(CC)C(C)C. The van der Waals surface area contributed by atoms with Crippen molar-refractivity contribution < 1.29 is 4.79 Å². The number of hydrogen-bond donors (Lipinski definition) is 2. The minimum absolute atomic E-state index is 0.0879. The van der Waals surface area contributed by atoms with E-state index < -0.39 is 5.54 Å². The standard InChI is InChI=1S/C12H26N2O/c1-7-10(9(3)4)14-11(15)12(5,6)13-8-2/h9-10,13H,7-8H2,1-6H3,(H,14,15). The van der Waals surface area contributed by atoms with Gasteiger partial charge in [0.15, 0.2) is 0 Å². The summed E-state index contributed by atoms with van der Waals surface area (Å²) in [6.45, 7) is 13.0. The fraction of sp³-hybridized carbons (Fsp3) is 0.917. The van der Waals surface area contributed by atoms with Crippen molar-refractivity contribution in [3.63, 3.8) is 0 Å². The second-order valence-corrected chi connectivity index (χ2v) is 4.89. The monoisotopic (exact) mass is 214 g/mol. The highest BCUT2D eigenvalue weighted by Crippen LogP contribution is 2.08. The molecule has 0 rings (SSSR count). The summed E-state index contributed by atoms with van der Waals surface area (Å²) >= 11 is 0. The average molecular weight is 214 g/mol. The second-order valence-electron chi connectivity index (χ2n) is 4.89. The van der Waals surface area contributed by atoms with E-state index in [1.54, 1.807) is 0 Å². The van der Waals surface area contributed by atoms with Crippen molar-refractivity contribution in [1.29, 1.82) is 0 Å². The summed E-state index contributed by atoms with van der Waals surface area (Å²) in [4.78, 5) is 12.0. The first-order chi connectivity index (χ1) is 6.85. The van der Waals surface area contributed by atoms with Gasteiger partial charge in [0.25, 0.3) is 0 Å². The third-order valence-electron chi connectivity index (χ3n) is 2.75. The number of carbonyl (C=O) groups is 1. The van der Waals surface area contributed by atoms with Gasteiger partial charge in [0.1, 0.15) is 0 Å². The van der Waals surface area contributed by atoms with Crippen LogP contribution in [0.1, 0.15) is 48.0 Å². The van der Waals surface area contributed by atoms with Crippen molar-refractivity contribution in [2.24, 2.45) is 5.92 Å². The van der Waals surface area contributed by atoms with Crippen molar-refractivity contribution >= 4 is 5.91 Å². The number of rotatable bonds is 6. The summed E-state index contributed by atoms with van der Waals surface area (Å²) < 4.78 is 0. The zero-order chi connectivity index (χ0) is 12.1. The van der Waals surface area contributed by atoms with Crippen LogP contribution in [-0.2, 0) is 4.79 Å². The highest BCUT2D eigenvalue weighted by molar-refractivity contribution is 5.85. The van der Waals surface area contributed by atoms with Gasteiger partial charge in [-0.25, -0.2) is 0 Å². The Morgan fingerprint density at radius 2 is 1.80 bits per heavy atom. The molecule has 0 aliphatic heterocycles. The van der Waals surface area contributed by atoms with E-state index in [-0.39, 0.29) is 11.9 Å². The van der Waals surface area contributed by atoms with E-state index in [2.05, 4.69) is 31.4 Å². The summed E-state index contributed by atoms with van der Waals surface area (Å²) in [5, 5.41) is 6.27. The fourth-order valence-electron chi connectivity index (χ4n) is 1.61. The molecule has 3 heteroatoms. The first-order valence-corrected chi connectivity index (χ1v) is 5.91. The molecule has 0 aliphatic carbocycles. The Labute approximate surface area is 94.0 Å². The van der Waals surface area contributed by atoms with E-state index in [4.69, 9.17) is 0 Å². The Morgan fingerprint density at radius 1 is 1.27 bits per heavy atom. The van der Waals surface area contributed by atoms with Gasteiger partial charge < -0.3 is 10.6 Å². The Balaban J connectivity index is 4.33. The molecule has 0 fully saturated rings. The number of likely N-dealkylation sites (N-methyl/N-ethyl adjacent to an activating group) is 1. The van der Waals surface area contributed by atoms with Crippen LogP contribution >= 0.6 is 0 Å². The number of nitrogens with one attached hydrogen (secondary N) is 2. The third kappa shape index (κ3) is 4.65. The molecule has 1 unspecified atom stereocenters. The summed E-state index contributed by atoms with van der Waals surface area (Å²) in [5.41, 5.74) is -0.475. The largest absolute Gasteiger partial charge is 0.352 e. The molecule has 0 spiro atoms. The van der Waals surface area contributed by atoms with Gasteiger partial charge in [-0.2, -0.15) is 0 Å². The third-order valence-corrected chi connectivity index (χ3v) is 2.75. The van der Waals surface area contributed by atoms with Gasteiger partial charge in [-0.1, -0.05) is 27.7 Å². The van der Waals surface area contributed by atoms with Crippen molar-refractivity contribution in [2.45, 2.75) is 59.5 Å². The van der Waals surface area contributed by atoms with Crippen LogP contribution < -0.4 is 10.6 Å². The Bertz CT molecular complexity index is 200. The van der Waals surface area contributed by atoms with Gasteiger partial charge >= 0.3 is 0 Å². The predicted octanol–water partition coefficient (Wildman–Crippen LogP) is 1.93. The van der Waals surface area contributed by atoms with Gasteiger partial charge in [-0.15, -0.1) is 0 Å². The van der Waals surface area contributed by atoms with Crippen LogP contribution in [0.15, 0.2) is 0 Å². The van der Waals surface area contributed by atoms with Gasteiger partial charge in [-0.3, -0.25) is 4.79 Å². The summed E-state index contributed by atoms with van der Waals surface area (Å²) in [5.74, 6) is 0.571. The quantitative estimate of drug-likeness (QED) is 0.709. The second kappa shape index (κ2) is 6.11. The predicted molar refractivity (Wildman–Crippen MR) is 64.8 cm³/mol. The first kappa shape index (κ1) is 14.4. The summed E-state index contributed by atoms with van der Waals surface area (Å²) in [7, 11) is 0. The molecule has 0 saturated heterocycles. The minimum atomic E-state index is -0.475. The highest BCUT2D eigenvalue weighted by Gasteiger charge is 2.28. The molecular formula is C12H26N2O. The molecule has 15 heavy (non-hydrogen) atoms. The van der Waals surface area contributed by atoms with Gasteiger partial charge in [-0.05, 0) is 32.7 Å². The molecule has 0 aromatic heterocycles. The smallest absolute Gasteiger partial charge is 0.239 e. The van der Waals surface area contributed by atoms with Crippen LogP contribution in [-0.4, -0.2) is 24.0 Å². The average Bonchev–Trinajstić information content (AvgIpc) is 2.12. The molecule has 0 aromatic carbocycles. The lowest BCUT2D eigenvalue weighted by Crippen LogP contribution is -2.55. The lowest BCUT2D eigenvalue weighted by molar-refractivity contribution is -0.127. The maximum atomic E-state index is 12.0. The molecule has 0 bridgehead atoms. The van der Waals surface area contributed by atoms with Crippen molar-refractivity contribution in [1.82, 2.24) is 10.6 Å². The summed E-state index contributed by atoms with van der Waals surface area (Å²) in [6.07, 6.45) is 0.978. The number of carbonyl (C=O) groups excluding carboxylic acids is 1. The topological polar surface area (TPSA) is 41.1 Å². The Morgan fingerprint density at radius 3 is 2.13 bits per heavy atom. The molecule has 90 valence electrons. The molecular weight excluding hydrogens is 188 g/mol. The molecule has 2 N–H and O–H groups in total. The molecule has 0 saturated carbocycles. The molecule has 0 heterocycles. The first-order valence-electron chi connectivity index (χ1n) is 5.91. The van der Waals surface area contributed by atoms with E-state index in [1.165, 1.54) is 0 Å². The lowest BCUT2D eigenvalue weighted by Gasteiger charge is -2.29. The van der Waals surface area contributed by atoms with Gasteiger partial charge in [0.05, 0.1) is 5.54 Å². The number of hydrogen-bond acceptors (Lipinski definition) is 2. The highest BCUT2D eigenvalue weighted by atomic mass is 16.2. The van der Waals surface area contributed by atoms with E-state index in [0.29, 0.717) is 5.92 Å². The lowest BCUT2D eigenvalue weighted by atomic mass is 9.98. The van der Waals surface area contributed by atoms with Crippen LogP contribution in [0.3, 0.4) is 0 Å². The molecule has 0 aliphatic rings. The van der Waals surface area contributed by atoms with Crippen molar-refractivity contribution in [2.75, 3.05) is 6.54 Å². The van der Waals surface area contributed by atoms with E-state index >= 15 is 0 Å². The van der Waals surface area contributed by atoms with Crippen LogP contribution in [0.5, 0.6) is 0 Å². The maximum Gasteiger partial charge on any atom is 0.239 e. The molecule has 0 aromatic rings. The van der Waals surface area contributed by atoms with Crippen LogP contribution in [0.2, 0.25) is 0 Å². The zero-order valence-corrected chi connectivity index (χ0v) is 11.0. The van der Waals surface area contributed by atoms with E-state index in [9.17, 15) is 4.79 Å². The Kier molecular flexibility index (Phi) is 5.88. The summed E-state index contributed by atoms with van der Waals surface area (Å²) in [6, 6.07) is 0.274. The fourth-order valence-corrected chi connectivity index (χ4v) is 1.61. The van der Waals surface area contributed by atoms with Crippen LogP contribution in [0.4, 0.5) is 0 Å². The normalized spacial score (nSPS) is 14.1. The Hall–Kier alpha value is -0.570. The molecule has 0 radical (unpaired) electrons. The van der Waals surface area contributed by atoms with Crippen molar-refractivity contribution in [3.05, 3.63) is 0 Å². The van der Waals surface area contributed by atoms with Gasteiger partial charge in [0, 0.05) is 6.04 Å². The van der Waals surface area contributed by atoms with Crippen molar-refractivity contribution in [3.8, 4) is 0 Å². The minimum Gasteiger partial charge on any atom is -0.352 e. The molecule has 1 atom stereocenters. The molecule has 1 amide bonds. The van der Waals surface area contributed by atoms with E-state index in [0.717, 1.165) is 13.0 Å². The van der Waals surface area contributed by atoms with Gasteiger partial charge in [0.2, 0.25) is 5.91 Å². The maximum absolute atomic E-state index is 12.0. The molecule has 3 nitrogen and oxygen atoms in total. The van der Waals surface area contributed by atoms with Crippen LogP contribution in [0, 0.1) is 5.92 Å². The van der Waals surface area contributed by atoms with Crippen LogP contribution in [0.25, 0.3) is 0 Å². The zero-order valence-electron chi connectivity index (χ0n) is 11.0.